The largest absolute Gasteiger partial charge is 0.497 e. The van der Waals surface area contributed by atoms with Gasteiger partial charge in [-0.2, -0.15) is 0 Å². The molecule has 2 N–H and O–H groups in total. The van der Waals surface area contributed by atoms with Crippen molar-refractivity contribution >= 4 is 33.1 Å². The molecule has 2 aromatic rings. The minimum absolute atomic E-state index is 0.493. The number of aromatic nitrogens is 1. The second-order valence-corrected chi connectivity index (χ2v) is 6.02. The Morgan fingerprint density at radius 3 is 2.50 bits per heavy atom. The third kappa shape index (κ3) is 2.30. The SMILES string of the molecule is COc1cc(C)c(-c2nc(N)c(Br)s2)c(OC)c1. The highest BCUT2D eigenvalue weighted by Gasteiger charge is 2.16. The number of methoxy groups -OCH3 is 2. The lowest BCUT2D eigenvalue weighted by molar-refractivity contribution is 0.395. The number of nitrogen functional groups attached to an aromatic ring is 1. The normalized spacial score (nSPS) is 10.4. The van der Waals surface area contributed by atoms with Crippen LogP contribution in [0, 0.1) is 6.92 Å². The van der Waals surface area contributed by atoms with E-state index in [0.29, 0.717) is 5.82 Å². The first-order valence-corrected chi connectivity index (χ1v) is 6.82. The monoisotopic (exact) mass is 328 g/mol. The lowest BCUT2D eigenvalue weighted by Gasteiger charge is -2.11. The zero-order valence-corrected chi connectivity index (χ0v) is 12.7. The molecule has 0 atom stereocenters. The number of aryl methyl sites for hydroxylation is 1. The summed E-state index contributed by atoms with van der Waals surface area (Å²) < 4.78 is 11.5. The van der Waals surface area contributed by atoms with E-state index >= 15 is 0 Å². The van der Waals surface area contributed by atoms with Crippen molar-refractivity contribution in [2.24, 2.45) is 0 Å². The number of halogens is 1. The molecule has 18 heavy (non-hydrogen) atoms. The molecule has 1 aromatic heterocycles. The van der Waals surface area contributed by atoms with Gasteiger partial charge >= 0.3 is 0 Å². The van der Waals surface area contributed by atoms with Crippen molar-refractivity contribution in [3.05, 3.63) is 21.5 Å². The van der Waals surface area contributed by atoms with Crippen LogP contribution in [-0.4, -0.2) is 19.2 Å². The van der Waals surface area contributed by atoms with Crippen LogP contribution >= 0.6 is 27.3 Å². The molecule has 6 heteroatoms. The van der Waals surface area contributed by atoms with E-state index in [1.165, 1.54) is 11.3 Å². The van der Waals surface area contributed by atoms with Crippen LogP contribution in [0.3, 0.4) is 0 Å². The van der Waals surface area contributed by atoms with Crippen molar-refractivity contribution in [3.8, 4) is 22.1 Å². The van der Waals surface area contributed by atoms with Crippen LogP contribution in [0.1, 0.15) is 5.56 Å². The summed E-state index contributed by atoms with van der Waals surface area (Å²) in [5.41, 5.74) is 7.74. The van der Waals surface area contributed by atoms with Crippen LogP contribution in [0.2, 0.25) is 0 Å². The summed E-state index contributed by atoms with van der Waals surface area (Å²) in [5, 5.41) is 0.830. The fourth-order valence-corrected chi connectivity index (χ4v) is 3.07. The predicted octanol–water partition coefficient (Wildman–Crippen LogP) is 3.48. The minimum atomic E-state index is 0.493. The van der Waals surface area contributed by atoms with E-state index in [0.717, 1.165) is 31.4 Å². The van der Waals surface area contributed by atoms with Crippen LogP contribution < -0.4 is 15.2 Å². The molecule has 96 valence electrons. The number of ether oxygens (including phenoxy) is 2. The molecule has 2 rings (SSSR count). The van der Waals surface area contributed by atoms with Gasteiger partial charge in [0.1, 0.15) is 26.1 Å². The number of rotatable bonds is 3. The number of nitrogens with two attached hydrogens (primary N) is 1. The Morgan fingerprint density at radius 2 is 2.00 bits per heavy atom. The third-order valence-corrected chi connectivity index (χ3v) is 4.32. The summed E-state index contributed by atoms with van der Waals surface area (Å²) in [6.07, 6.45) is 0. The molecule has 0 amide bonds. The van der Waals surface area contributed by atoms with Gasteiger partial charge in [0.2, 0.25) is 0 Å². The van der Waals surface area contributed by atoms with E-state index in [2.05, 4.69) is 20.9 Å². The summed E-state index contributed by atoms with van der Waals surface area (Å²) in [5.74, 6) is 1.98. The van der Waals surface area contributed by atoms with Crippen LogP contribution in [0.5, 0.6) is 11.5 Å². The Hall–Kier alpha value is -1.27. The number of nitrogens with zero attached hydrogens (tertiary/aromatic N) is 1. The van der Waals surface area contributed by atoms with Gasteiger partial charge in [-0.1, -0.05) is 0 Å². The Balaban J connectivity index is 2.62. The molecule has 0 unspecified atom stereocenters. The van der Waals surface area contributed by atoms with Gasteiger partial charge in [-0.15, -0.1) is 11.3 Å². The average Bonchev–Trinajstić information content (AvgIpc) is 2.67. The fourth-order valence-electron chi connectivity index (χ4n) is 1.70. The van der Waals surface area contributed by atoms with Crippen molar-refractivity contribution < 1.29 is 9.47 Å². The molecule has 1 heterocycles. The second-order valence-electron chi connectivity index (χ2n) is 3.70. The molecule has 0 fully saturated rings. The highest BCUT2D eigenvalue weighted by atomic mass is 79.9. The molecule has 1 aromatic carbocycles. The molecule has 0 radical (unpaired) electrons. The smallest absolute Gasteiger partial charge is 0.149 e. The summed E-state index contributed by atoms with van der Waals surface area (Å²) in [6.45, 7) is 1.99. The van der Waals surface area contributed by atoms with Crippen LogP contribution in [0.25, 0.3) is 10.6 Å². The molecular weight excluding hydrogens is 316 g/mol. The van der Waals surface area contributed by atoms with Crippen molar-refractivity contribution in [2.45, 2.75) is 6.92 Å². The van der Waals surface area contributed by atoms with Gasteiger partial charge in [-0.25, -0.2) is 4.98 Å². The maximum absolute atomic E-state index is 5.76. The minimum Gasteiger partial charge on any atom is -0.497 e. The number of hydrogen-bond acceptors (Lipinski definition) is 5. The lowest BCUT2D eigenvalue weighted by Crippen LogP contribution is -1.94. The van der Waals surface area contributed by atoms with E-state index in [1.54, 1.807) is 14.2 Å². The van der Waals surface area contributed by atoms with Crippen molar-refractivity contribution in [1.82, 2.24) is 4.98 Å². The third-order valence-electron chi connectivity index (χ3n) is 2.55. The Morgan fingerprint density at radius 1 is 1.28 bits per heavy atom. The standard InChI is InChI=1S/C12H13BrN2O2S/c1-6-4-7(16-2)5-8(17-3)9(6)12-15-11(14)10(13)18-12/h4-5H,14H2,1-3H3. The van der Waals surface area contributed by atoms with E-state index in [4.69, 9.17) is 15.2 Å². The highest BCUT2D eigenvalue weighted by molar-refractivity contribution is 9.11. The Bertz CT molecular complexity index is 564. The number of thiazole rings is 1. The second kappa shape index (κ2) is 5.16. The van der Waals surface area contributed by atoms with E-state index in [9.17, 15) is 0 Å². The quantitative estimate of drug-likeness (QED) is 0.937. The molecule has 0 aliphatic heterocycles. The van der Waals surface area contributed by atoms with Gasteiger partial charge < -0.3 is 15.2 Å². The van der Waals surface area contributed by atoms with Gasteiger partial charge in [0.25, 0.3) is 0 Å². The highest BCUT2D eigenvalue weighted by Crippen LogP contribution is 2.41. The van der Waals surface area contributed by atoms with E-state index in [1.807, 2.05) is 19.1 Å². The van der Waals surface area contributed by atoms with Gasteiger partial charge in [0.05, 0.1) is 19.8 Å². The molecule has 0 aliphatic rings. The maximum atomic E-state index is 5.76. The first-order chi connectivity index (χ1) is 8.56. The first kappa shape index (κ1) is 13.2. The van der Waals surface area contributed by atoms with Crippen LogP contribution in [-0.2, 0) is 0 Å². The van der Waals surface area contributed by atoms with Gasteiger partial charge in [0, 0.05) is 6.07 Å². The summed E-state index contributed by atoms with van der Waals surface area (Å²) in [6, 6.07) is 3.79. The van der Waals surface area contributed by atoms with Crippen molar-refractivity contribution in [3.63, 3.8) is 0 Å². The number of benzene rings is 1. The van der Waals surface area contributed by atoms with Crippen LogP contribution in [0.15, 0.2) is 15.9 Å². The van der Waals surface area contributed by atoms with Gasteiger partial charge in [0.15, 0.2) is 0 Å². The Labute approximate surface area is 118 Å². The summed E-state index contributed by atoms with van der Waals surface area (Å²) >= 11 is 4.86. The topological polar surface area (TPSA) is 57.4 Å². The van der Waals surface area contributed by atoms with E-state index in [-0.39, 0.29) is 0 Å². The molecule has 0 bridgehead atoms. The molecule has 0 saturated carbocycles. The zero-order chi connectivity index (χ0) is 13.3. The zero-order valence-electron chi connectivity index (χ0n) is 10.3. The predicted molar refractivity (Wildman–Crippen MR) is 77.5 cm³/mol. The first-order valence-electron chi connectivity index (χ1n) is 5.21. The summed E-state index contributed by atoms with van der Waals surface area (Å²) in [4.78, 5) is 4.33. The molecular formula is C12H13BrN2O2S. The van der Waals surface area contributed by atoms with Crippen molar-refractivity contribution in [1.29, 1.82) is 0 Å². The average molecular weight is 329 g/mol. The van der Waals surface area contributed by atoms with Gasteiger partial charge in [-0.05, 0) is 34.5 Å². The maximum Gasteiger partial charge on any atom is 0.149 e. The summed E-state index contributed by atoms with van der Waals surface area (Å²) in [7, 11) is 3.26. The van der Waals surface area contributed by atoms with Crippen molar-refractivity contribution in [2.75, 3.05) is 20.0 Å². The number of anilines is 1. The lowest BCUT2D eigenvalue weighted by atomic mass is 10.1. The van der Waals surface area contributed by atoms with Crippen LogP contribution in [0.4, 0.5) is 5.82 Å². The van der Waals surface area contributed by atoms with E-state index < -0.39 is 0 Å². The fraction of sp³-hybridized carbons (Fsp3) is 0.250. The van der Waals surface area contributed by atoms with Gasteiger partial charge in [-0.3, -0.25) is 0 Å². The molecule has 0 saturated heterocycles. The number of hydrogen-bond donors (Lipinski definition) is 1. The molecule has 0 aliphatic carbocycles. The molecule has 0 spiro atoms. The molecule has 4 nitrogen and oxygen atoms in total. The Kier molecular flexibility index (Phi) is 3.77.